The minimum atomic E-state index is -0.622. The van der Waals surface area contributed by atoms with Gasteiger partial charge in [-0.2, -0.15) is 5.10 Å². The summed E-state index contributed by atoms with van der Waals surface area (Å²) in [4.78, 5) is 10.0. The fourth-order valence-corrected chi connectivity index (χ4v) is 0.230. The lowest BCUT2D eigenvalue weighted by molar-refractivity contribution is 0.249. The second-order valence-corrected chi connectivity index (χ2v) is 1.68. The van der Waals surface area contributed by atoms with Crippen molar-refractivity contribution in [1.29, 1.82) is 0 Å². The Morgan fingerprint density at radius 2 is 2.33 bits per heavy atom. The summed E-state index contributed by atoms with van der Waals surface area (Å²) < 4.78 is 0. The Bertz CT molecular complexity index is 130. The van der Waals surface area contributed by atoms with Gasteiger partial charge in [-0.3, -0.25) is 0 Å². The highest BCUT2D eigenvalue weighted by molar-refractivity contribution is 5.83. The summed E-state index contributed by atoms with van der Waals surface area (Å²) in [5.74, 6) is 0. The van der Waals surface area contributed by atoms with E-state index in [9.17, 15) is 4.79 Å². The number of urea groups is 1. The van der Waals surface area contributed by atoms with E-state index in [-0.39, 0.29) is 0 Å². The van der Waals surface area contributed by atoms with Gasteiger partial charge in [-0.1, -0.05) is 6.92 Å². The molecule has 0 aromatic carbocycles. The highest BCUT2D eigenvalue weighted by atomic mass is 16.2. The average Bonchev–Trinajstić information content (AvgIpc) is 1.83. The molecule has 2 amide bonds. The van der Waals surface area contributed by atoms with Crippen LogP contribution in [0, 0.1) is 0 Å². The molecule has 0 aliphatic heterocycles. The van der Waals surface area contributed by atoms with Gasteiger partial charge in [0.15, 0.2) is 0 Å². The van der Waals surface area contributed by atoms with Crippen molar-refractivity contribution < 1.29 is 4.79 Å². The molecule has 0 rings (SSSR count). The van der Waals surface area contributed by atoms with Crippen molar-refractivity contribution in [3.05, 3.63) is 0 Å². The number of hydrogen-bond acceptors (Lipinski definition) is 2. The number of rotatable bonds is 2. The number of nitrogens with zero attached hydrogens (tertiary/aromatic N) is 1. The van der Waals surface area contributed by atoms with Gasteiger partial charge in [-0.15, -0.1) is 0 Å². The third-order valence-electron chi connectivity index (χ3n) is 0.869. The average molecular weight is 129 g/mol. The molecule has 52 valence electrons. The molecule has 0 aromatic rings. The SMILES string of the molecule is CC/C(C)=N\NC(N)=O. The van der Waals surface area contributed by atoms with Crippen molar-refractivity contribution in [2.24, 2.45) is 10.8 Å². The van der Waals surface area contributed by atoms with Crippen LogP contribution in [0.3, 0.4) is 0 Å². The number of nitrogens with one attached hydrogen (secondary N) is 1. The lowest BCUT2D eigenvalue weighted by atomic mass is 10.3. The molecule has 4 heteroatoms. The molecular formula is C5H11N3O. The van der Waals surface area contributed by atoms with E-state index in [1.54, 1.807) is 0 Å². The van der Waals surface area contributed by atoms with Crippen LogP contribution in [0.1, 0.15) is 20.3 Å². The molecule has 0 bridgehead atoms. The number of amides is 2. The monoisotopic (exact) mass is 129 g/mol. The van der Waals surface area contributed by atoms with Gasteiger partial charge in [0.2, 0.25) is 0 Å². The molecule has 4 nitrogen and oxygen atoms in total. The van der Waals surface area contributed by atoms with Crippen LogP contribution < -0.4 is 11.2 Å². The van der Waals surface area contributed by atoms with Gasteiger partial charge in [0, 0.05) is 5.71 Å². The Labute approximate surface area is 54.1 Å². The maximum atomic E-state index is 10.0. The van der Waals surface area contributed by atoms with Crippen LogP contribution in [0.5, 0.6) is 0 Å². The van der Waals surface area contributed by atoms with E-state index in [4.69, 9.17) is 5.73 Å². The first kappa shape index (κ1) is 7.94. The summed E-state index contributed by atoms with van der Waals surface area (Å²) in [6.45, 7) is 3.76. The van der Waals surface area contributed by atoms with Gasteiger partial charge in [0.05, 0.1) is 0 Å². The topological polar surface area (TPSA) is 67.5 Å². The summed E-state index contributed by atoms with van der Waals surface area (Å²) >= 11 is 0. The summed E-state index contributed by atoms with van der Waals surface area (Å²) in [5, 5.41) is 3.63. The van der Waals surface area contributed by atoms with Crippen molar-refractivity contribution in [3.8, 4) is 0 Å². The van der Waals surface area contributed by atoms with E-state index in [0.717, 1.165) is 12.1 Å². The minimum absolute atomic E-state index is 0.622. The molecular weight excluding hydrogens is 118 g/mol. The lowest BCUT2D eigenvalue weighted by Crippen LogP contribution is -2.25. The molecule has 0 fully saturated rings. The first-order chi connectivity index (χ1) is 4.16. The molecule has 0 saturated heterocycles. The number of primary amides is 1. The fourth-order valence-electron chi connectivity index (χ4n) is 0.230. The summed E-state index contributed by atoms with van der Waals surface area (Å²) in [6.07, 6.45) is 0.820. The zero-order valence-electron chi connectivity index (χ0n) is 5.64. The Balaban J connectivity index is 3.56. The maximum Gasteiger partial charge on any atom is 0.332 e. The van der Waals surface area contributed by atoms with Crippen LogP contribution in [-0.2, 0) is 0 Å². The number of nitrogens with two attached hydrogens (primary N) is 1. The maximum absolute atomic E-state index is 10.0. The van der Waals surface area contributed by atoms with Crippen molar-refractivity contribution in [2.75, 3.05) is 0 Å². The van der Waals surface area contributed by atoms with Crippen LogP contribution >= 0.6 is 0 Å². The van der Waals surface area contributed by atoms with Crippen LogP contribution in [0.15, 0.2) is 5.10 Å². The van der Waals surface area contributed by atoms with E-state index in [1.165, 1.54) is 0 Å². The van der Waals surface area contributed by atoms with E-state index in [1.807, 2.05) is 13.8 Å². The van der Waals surface area contributed by atoms with Crippen molar-refractivity contribution in [3.63, 3.8) is 0 Å². The standard InChI is InChI=1S/C5H11N3O/c1-3-4(2)7-8-5(6)9/h3H2,1-2H3,(H3,6,8,9)/b7-4-. The molecule has 0 heterocycles. The van der Waals surface area contributed by atoms with Crippen LogP contribution in [0.2, 0.25) is 0 Å². The molecule has 0 radical (unpaired) electrons. The molecule has 0 aliphatic carbocycles. The number of hydrogen-bond donors (Lipinski definition) is 2. The summed E-state index contributed by atoms with van der Waals surface area (Å²) in [5.41, 5.74) is 7.72. The molecule has 0 spiro atoms. The smallest absolute Gasteiger partial charge is 0.332 e. The molecule has 3 N–H and O–H groups in total. The van der Waals surface area contributed by atoms with Crippen LogP contribution in [0.4, 0.5) is 4.79 Å². The summed E-state index contributed by atoms with van der Waals surface area (Å²) in [7, 11) is 0. The van der Waals surface area contributed by atoms with Gasteiger partial charge in [-0.05, 0) is 13.3 Å². The molecule has 0 saturated carbocycles. The lowest BCUT2D eigenvalue weighted by Gasteiger charge is -1.93. The Morgan fingerprint density at radius 1 is 1.78 bits per heavy atom. The Kier molecular flexibility index (Phi) is 3.43. The van der Waals surface area contributed by atoms with Crippen LogP contribution in [-0.4, -0.2) is 11.7 Å². The minimum Gasteiger partial charge on any atom is -0.350 e. The molecule has 9 heavy (non-hydrogen) atoms. The molecule has 0 aromatic heterocycles. The molecule has 0 atom stereocenters. The number of carbonyl (C=O) groups excluding carboxylic acids is 1. The van der Waals surface area contributed by atoms with Crippen molar-refractivity contribution in [1.82, 2.24) is 5.43 Å². The zero-order valence-corrected chi connectivity index (χ0v) is 5.64. The third kappa shape index (κ3) is 4.80. The first-order valence-electron chi connectivity index (χ1n) is 2.75. The number of carbonyl (C=O) groups is 1. The van der Waals surface area contributed by atoms with Gasteiger partial charge in [0.25, 0.3) is 0 Å². The third-order valence-corrected chi connectivity index (χ3v) is 0.869. The Hall–Kier alpha value is -1.06. The summed E-state index contributed by atoms with van der Waals surface area (Å²) in [6, 6.07) is -0.622. The van der Waals surface area contributed by atoms with E-state index < -0.39 is 6.03 Å². The quantitative estimate of drug-likeness (QED) is 0.412. The second-order valence-electron chi connectivity index (χ2n) is 1.68. The number of hydrazone groups is 1. The highest BCUT2D eigenvalue weighted by Gasteiger charge is 1.86. The fraction of sp³-hybridized carbons (Fsp3) is 0.600. The van der Waals surface area contributed by atoms with Crippen LogP contribution in [0.25, 0.3) is 0 Å². The van der Waals surface area contributed by atoms with Gasteiger partial charge in [0.1, 0.15) is 0 Å². The van der Waals surface area contributed by atoms with Gasteiger partial charge < -0.3 is 5.73 Å². The van der Waals surface area contributed by atoms with Gasteiger partial charge in [-0.25, -0.2) is 10.2 Å². The van der Waals surface area contributed by atoms with E-state index >= 15 is 0 Å². The zero-order chi connectivity index (χ0) is 7.28. The van der Waals surface area contributed by atoms with Gasteiger partial charge >= 0.3 is 6.03 Å². The molecule has 0 aliphatic rings. The first-order valence-corrected chi connectivity index (χ1v) is 2.75. The largest absolute Gasteiger partial charge is 0.350 e. The highest BCUT2D eigenvalue weighted by Crippen LogP contribution is 1.79. The Morgan fingerprint density at radius 3 is 2.67 bits per heavy atom. The normalized spacial score (nSPS) is 11.1. The van der Waals surface area contributed by atoms with Crippen molar-refractivity contribution >= 4 is 11.7 Å². The molecule has 0 unspecified atom stereocenters. The van der Waals surface area contributed by atoms with Crippen molar-refractivity contribution in [2.45, 2.75) is 20.3 Å². The second kappa shape index (κ2) is 3.88. The predicted molar refractivity (Wildman–Crippen MR) is 36.1 cm³/mol. The van der Waals surface area contributed by atoms with E-state index in [2.05, 4.69) is 10.5 Å². The predicted octanol–water partition coefficient (Wildman–Crippen LogP) is 0.441. The van der Waals surface area contributed by atoms with E-state index in [0.29, 0.717) is 0 Å².